The summed E-state index contributed by atoms with van der Waals surface area (Å²) in [6, 6.07) is 0. The maximum absolute atomic E-state index is 12.9. The van der Waals surface area contributed by atoms with Crippen molar-refractivity contribution in [2.75, 3.05) is 0 Å². The lowest BCUT2D eigenvalue weighted by Gasteiger charge is -2.72. The monoisotopic (exact) mass is 452 g/mol. The molecule has 10 atom stereocenters. The quantitative estimate of drug-likeness (QED) is 0.302. The van der Waals surface area contributed by atoms with Crippen LogP contribution in [0.5, 0.6) is 0 Å². The van der Waals surface area contributed by atoms with Gasteiger partial charge in [-0.05, 0) is 96.7 Å². The van der Waals surface area contributed by atoms with Crippen molar-refractivity contribution in [3.8, 4) is 0 Å². The second kappa shape index (κ2) is 6.35. The SMILES string of the molecule is C=C1C(=O)O[C@@H]2C[C@]3(C)CC[C@]4(C)[C@@H](CC[C@@H]5[C@@]6(C)CCC(=O)C(C)(C)[C@H]6CC[C@]54C)[C@H]3[C@H]12. The molecule has 0 aromatic carbocycles. The van der Waals surface area contributed by atoms with Crippen LogP contribution in [0, 0.1) is 56.7 Å². The summed E-state index contributed by atoms with van der Waals surface area (Å²) in [4.78, 5) is 25.4. The number of esters is 1. The zero-order valence-electron chi connectivity index (χ0n) is 21.8. The molecule has 3 heteroatoms. The molecule has 5 saturated carbocycles. The van der Waals surface area contributed by atoms with Crippen molar-refractivity contribution in [1.82, 2.24) is 0 Å². The van der Waals surface area contributed by atoms with Crippen LogP contribution >= 0.6 is 0 Å². The Labute approximate surface area is 200 Å². The molecule has 0 spiro atoms. The van der Waals surface area contributed by atoms with Gasteiger partial charge in [-0.25, -0.2) is 4.79 Å². The van der Waals surface area contributed by atoms with E-state index in [-0.39, 0.29) is 39.7 Å². The summed E-state index contributed by atoms with van der Waals surface area (Å²) in [7, 11) is 0. The number of hydrogen-bond acceptors (Lipinski definition) is 3. The molecule has 182 valence electrons. The van der Waals surface area contributed by atoms with E-state index >= 15 is 0 Å². The minimum atomic E-state index is -0.185. The predicted octanol–water partition coefficient (Wildman–Crippen LogP) is 6.75. The number of ether oxygens (including phenoxy) is 1. The van der Waals surface area contributed by atoms with Crippen LogP contribution in [0.2, 0.25) is 0 Å². The Hall–Kier alpha value is -1.12. The molecule has 6 fully saturated rings. The van der Waals surface area contributed by atoms with E-state index in [1.807, 2.05) is 0 Å². The largest absolute Gasteiger partial charge is 0.458 e. The molecule has 33 heavy (non-hydrogen) atoms. The maximum atomic E-state index is 12.9. The molecule has 3 nitrogen and oxygen atoms in total. The van der Waals surface area contributed by atoms with E-state index in [4.69, 9.17) is 4.74 Å². The van der Waals surface area contributed by atoms with Crippen molar-refractivity contribution in [3.63, 3.8) is 0 Å². The van der Waals surface area contributed by atoms with Crippen molar-refractivity contribution >= 4 is 11.8 Å². The topological polar surface area (TPSA) is 43.4 Å². The normalized spacial score (nSPS) is 56.8. The fourth-order valence-corrected chi connectivity index (χ4v) is 11.7. The lowest BCUT2D eigenvalue weighted by molar-refractivity contribution is -0.232. The number of carbonyl (C=O) groups excluding carboxylic acids is 2. The average Bonchev–Trinajstić information content (AvgIpc) is 3.17. The van der Waals surface area contributed by atoms with Crippen LogP contribution in [-0.2, 0) is 14.3 Å². The number of carbonyl (C=O) groups is 2. The Morgan fingerprint density at radius 1 is 0.848 bits per heavy atom. The van der Waals surface area contributed by atoms with Gasteiger partial charge in [-0.2, -0.15) is 0 Å². The summed E-state index contributed by atoms with van der Waals surface area (Å²) in [5.41, 5.74) is 1.67. The van der Waals surface area contributed by atoms with Crippen molar-refractivity contribution in [1.29, 1.82) is 0 Å². The van der Waals surface area contributed by atoms with Gasteiger partial charge in [0.05, 0.1) is 0 Å². The fraction of sp³-hybridized carbons (Fsp3) is 0.867. The third-order valence-electron chi connectivity index (χ3n) is 13.5. The lowest BCUT2D eigenvalue weighted by atomic mass is 9.32. The number of ketones is 1. The van der Waals surface area contributed by atoms with E-state index in [0.29, 0.717) is 34.9 Å². The Bertz CT molecular complexity index is 948. The first kappa shape index (κ1) is 22.4. The van der Waals surface area contributed by atoms with Crippen LogP contribution in [0.1, 0.15) is 99.3 Å². The molecule has 6 rings (SSSR count). The maximum Gasteiger partial charge on any atom is 0.334 e. The Morgan fingerprint density at radius 2 is 1.58 bits per heavy atom. The highest BCUT2D eigenvalue weighted by Gasteiger charge is 2.72. The van der Waals surface area contributed by atoms with Gasteiger partial charge in [0.15, 0.2) is 0 Å². The van der Waals surface area contributed by atoms with E-state index in [1.165, 1.54) is 38.5 Å². The number of Topliss-reactive ketones (excluding diaryl/α,β-unsaturated/α-hetero) is 1. The summed E-state index contributed by atoms with van der Waals surface area (Å²) < 4.78 is 5.85. The Kier molecular flexibility index (Phi) is 4.30. The van der Waals surface area contributed by atoms with Crippen LogP contribution in [0.15, 0.2) is 12.2 Å². The van der Waals surface area contributed by atoms with Crippen molar-refractivity contribution in [2.45, 2.75) is 105 Å². The van der Waals surface area contributed by atoms with E-state index in [2.05, 4.69) is 48.1 Å². The van der Waals surface area contributed by atoms with Gasteiger partial charge in [0.25, 0.3) is 0 Å². The predicted molar refractivity (Wildman–Crippen MR) is 129 cm³/mol. The van der Waals surface area contributed by atoms with Crippen molar-refractivity contribution in [2.24, 2.45) is 56.7 Å². The van der Waals surface area contributed by atoms with Gasteiger partial charge in [-0.1, -0.05) is 48.1 Å². The first-order chi connectivity index (χ1) is 15.3. The molecule has 0 unspecified atom stereocenters. The zero-order chi connectivity index (χ0) is 23.8. The zero-order valence-corrected chi connectivity index (χ0v) is 21.8. The van der Waals surface area contributed by atoms with Crippen LogP contribution in [0.3, 0.4) is 0 Å². The lowest BCUT2D eigenvalue weighted by Crippen LogP contribution is -2.66. The highest BCUT2D eigenvalue weighted by molar-refractivity contribution is 5.91. The van der Waals surface area contributed by atoms with Crippen molar-refractivity contribution in [3.05, 3.63) is 12.2 Å². The first-order valence-electron chi connectivity index (χ1n) is 13.7. The highest BCUT2D eigenvalue weighted by Crippen LogP contribution is 2.77. The summed E-state index contributed by atoms with van der Waals surface area (Å²) >= 11 is 0. The minimum absolute atomic E-state index is 0.0614. The smallest absolute Gasteiger partial charge is 0.334 e. The van der Waals surface area contributed by atoms with E-state index in [0.717, 1.165) is 24.8 Å². The van der Waals surface area contributed by atoms with Crippen LogP contribution in [0.4, 0.5) is 0 Å². The second-order valence-electron chi connectivity index (χ2n) is 14.7. The Morgan fingerprint density at radius 3 is 2.30 bits per heavy atom. The Balaban J connectivity index is 1.40. The molecular weight excluding hydrogens is 408 g/mol. The third kappa shape index (κ3) is 2.43. The minimum Gasteiger partial charge on any atom is -0.458 e. The molecule has 0 aromatic heterocycles. The van der Waals surface area contributed by atoms with Crippen LogP contribution in [-0.4, -0.2) is 17.9 Å². The molecule has 0 radical (unpaired) electrons. The molecule has 0 aromatic rings. The van der Waals surface area contributed by atoms with Gasteiger partial charge in [0, 0.05) is 23.3 Å². The molecule has 6 aliphatic rings. The van der Waals surface area contributed by atoms with Gasteiger partial charge in [-0.3, -0.25) is 4.79 Å². The third-order valence-corrected chi connectivity index (χ3v) is 13.5. The second-order valence-corrected chi connectivity index (χ2v) is 14.7. The fourth-order valence-electron chi connectivity index (χ4n) is 11.7. The average molecular weight is 453 g/mol. The number of rotatable bonds is 0. The molecule has 1 aliphatic heterocycles. The summed E-state index contributed by atoms with van der Waals surface area (Å²) in [6.07, 6.45) is 10.4. The molecule has 0 bridgehead atoms. The standard InChI is InChI=1S/C30H44O3/c1-17-23-19(33-25(17)32)16-27(4)14-15-29(6)18(24(23)27)8-9-21-28(5)12-11-22(31)26(2,3)20(28)10-13-30(21,29)7/h18-21,23-24H,1,8-16H2,2-7H3/t18-,19+,20+,21+,23+,24-,27-,28-,29+,30+/m0/s1. The van der Waals surface area contributed by atoms with Gasteiger partial charge in [0.1, 0.15) is 11.9 Å². The number of hydrogen-bond donors (Lipinski definition) is 0. The highest BCUT2D eigenvalue weighted by atomic mass is 16.6. The molecular formula is C30H44O3. The molecule has 0 N–H and O–H groups in total. The van der Waals surface area contributed by atoms with Crippen LogP contribution < -0.4 is 0 Å². The van der Waals surface area contributed by atoms with E-state index < -0.39 is 0 Å². The van der Waals surface area contributed by atoms with E-state index in [9.17, 15) is 9.59 Å². The summed E-state index contributed by atoms with van der Waals surface area (Å²) in [6.45, 7) is 19.0. The van der Waals surface area contributed by atoms with Gasteiger partial charge >= 0.3 is 5.97 Å². The number of fused-ring (bicyclic) bond motifs is 9. The van der Waals surface area contributed by atoms with Crippen LogP contribution in [0.25, 0.3) is 0 Å². The van der Waals surface area contributed by atoms with Crippen molar-refractivity contribution < 1.29 is 14.3 Å². The molecule has 1 saturated heterocycles. The van der Waals surface area contributed by atoms with Gasteiger partial charge in [0.2, 0.25) is 0 Å². The van der Waals surface area contributed by atoms with E-state index in [1.54, 1.807) is 0 Å². The summed E-state index contributed by atoms with van der Waals surface area (Å²) in [5, 5.41) is 0. The summed E-state index contributed by atoms with van der Waals surface area (Å²) in [5.74, 6) is 2.93. The van der Waals surface area contributed by atoms with Gasteiger partial charge in [-0.15, -0.1) is 0 Å². The molecule has 0 amide bonds. The first-order valence-corrected chi connectivity index (χ1v) is 13.7. The molecule has 5 aliphatic carbocycles. The molecule has 1 heterocycles. The van der Waals surface area contributed by atoms with Gasteiger partial charge < -0.3 is 4.74 Å².